The molecule has 11 nitrogen and oxygen atoms in total. The molecule has 0 saturated carbocycles. The number of benzene rings is 1. The van der Waals surface area contributed by atoms with Crippen LogP contribution in [0.3, 0.4) is 0 Å². The Labute approximate surface area is 219 Å². The van der Waals surface area contributed by atoms with Gasteiger partial charge in [0.2, 0.25) is 10.0 Å². The van der Waals surface area contributed by atoms with Gasteiger partial charge in [0, 0.05) is 48.0 Å². The monoisotopic (exact) mass is 547 g/mol. The lowest BCUT2D eigenvalue weighted by atomic mass is 10.0. The molecular formula is C25H19F2N9O2S. The number of hydrogen-bond acceptors (Lipinski definition) is 8. The Kier molecular flexibility index (Phi) is 5.77. The number of anilines is 1. The first-order valence-corrected chi connectivity index (χ1v) is 13.4. The standard InChI is InChI=1S/C25H19F2N9O2S/c1-39(37,38)32-8-12-4-13(6-15(26)5-12)17-2-3-30-24-21(17)33-25(34-24)22-19-20(27)18(11-31-23(19)36-35-22)14-7-16(28)10-29-9-14/h2-7,9-11,32H,8,28H2,1H3,(H,30,33,34)(H,31,35,36). The largest absolute Gasteiger partial charge is 0.397 e. The highest BCUT2D eigenvalue weighted by Gasteiger charge is 2.21. The van der Waals surface area contributed by atoms with Gasteiger partial charge in [0.1, 0.15) is 17.3 Å². The molecule has 5 aromatic heterocycles. The molecule has 14 heteroatoms. The minimum Gasteiger partial charge on any atom is -0.397 e. The van der Waals surface area contributed by atoms with Crippen molar-refractivity contribution >= 4 is 37.9 Å². The molecule has 0 aliphatic heterocycles. The fraction of sp³-hybridized carbons (Fsp3) is 0.0800. The third kappa shape index (κ3) is 4.66. The summed E-state index contributed by atoms with van der Waals surface area (Å²) < 4.78 is 55.6. The van der Waals surface area contributed by atoms with Crippen molar-refractivity contribution in [3.8, 4) is 33.8 Å². The average molecular weight is 548 g/mol. The predicted molar refractivity (Wildman–Crippen MR) is 141 cm³/mol. The van der Waals surface area contributed by atoms with Crippen molar-refractivity contribution in [2.24, 2.45) is 0 Å². The van der Waals surface area contributed by atoms with Crippen LogP contribution >= 0.6 is 0 Å². The topological polar surface area (TPSA) is 168 Å². The molecule has 0 atom stereocenters. The summed E-state index contributed by atoms with van der Waals surface area (Å²) in [5.41, 5.74) is 9.46. The summed E-state index contributed by atoms with van der Waals surface area (Å²) in [5, 5.41) is 7.02. The number of H-pyrrole nitrogens is 2. The van der Waals surface area contributed by atoms with Crippen LogP contribution in [0, 0.1) is 11.6 Å². The summed E-state index contributed by atoms with van der Waals surface area (Å²) in [6.07, 6.45) is 6.84. The Hall–Kier alpha value is -4.82. The molecule has 0 unspecified atom stereocenters. The Morgan fingerprint density at radius 1 is 1.00 bits per heavy atom. The van der Waals surface area contributed by atoms with Crippen molar-refractivity contribution in [1.29, 1.82) is 0 Å². The summed E-state index contributed by atoms with van der Waals surface area (Å²) in [7, 11) is -3.47. The highest BCUT2D eigenvalue weighted by atomic mass is 32.2. The maximum atomic E-state index is 15.8. The van der Waals surface area contributed by atoms with Crippen molar-refractivity contribution in [1.82, 2.24) is 39.8 Å². The molecule has 5 heterocycles. The van der Waals surface area contributed by atoms with E-state index in [1.807, 2.05) is 0 Å². The van der Waals surface area contributed by atoms with E-state index in [0.717, 1.165) is 6.26 Å². The predicted octanol–water partition coefficient (Wildman–Crippen LogP) is 3.53. The molecular weight excluding hydrogens is 528 g/mol. The first-order valence-electron chi connectivity index (χ1n) is 11.5. The van der Waals surface area contributed by atoms with Crippen LogP contribution in [-0.2, 0) is 16.6 Å². The summed E-state index contributed by atoms with van der Waals surface area (Å²) in [5.74, 6) is -0.886. The van der Waals surface area contributed by atoms with E-state index >= 15 is 4.39 Å². The van der Waals surface area contributed by atoms with Gasteiger partial charge >= 0.3 is 0 Å². The molecule has 0 radical (unpaired) electrons. The SMILES string of the molecule is CS(=O)(=O)NCc1cc(F)cc(-c2ccnc3nc(-c4[nH]nc5ncc(-c6cncc(N)c6)c(F)c45)[nH]c23)c1. The number of hydrogen-bond donors (Lipinski definition) is 4. The molecule has 0 aliphatic carbocycles. The lowest BCUT2D eigenvalue weighted by Gasteiger charge is -2.08. The Morgan fingerprint density at radius 2 is 1.85 bits per heavy atom. The lowest BCUT2D eigenvalue weighted by molar-refractivity contribution is 0.586. The van der Waals surface area contributed by atoms with E-state index in [1.54, 1.807) is 18.2 Å². The molecule has 6 rings (SSSR count). The van der Waals surface area contributed by atoms with Crippen molar-refractivity contribution in [3.05, 3.63) is 72.3 Å². The maximum Gasteiger partial charge on any atom is 0.209 e. The maximum absolute atomic E-state index is 15.8. The van der Waals surface area contributed by atoms with Crippen LogP contribution in [0.15, 0.2) is 55.1 Å². The van der Waals surface area contributed by atoms with Crippen LogP contribution in [0.5, 0.6) is 0 Å². The number of nitrogens with two attached hydrogens (primary N) is 1. The first kappa shape index (κ1) is 24.5. The quantitative estimate of drug-likeness (QED) is 0.246. The summed E-state index contributed by atoms with van der Waals surface area (Å²) in [6.45, 7) is -0.0800. The summed E-state index contributed by atoms with van der Waals surface area (Å²) in [6, 6.07) is 7.50. The van der Waals surface area contributed by atoms with Crippen molar-refractivity contribution in [3.63, 3.8) is 0 Å². The molecule has 0 fully saturated rings. The zero-order chi connectivity index (χ0) is 27.3. The van der Waals surface area contributed by atoms with Crippen LogP contribution in [0.1, 0.15) is 5.56 Å². The number of rotatable bonds is 6. The fourth-order valence-electron chi connectivity index (χ4n) is 4.32. The van der Waals surface area contributed by atoms with E-state index in [4.69, 9.17) is 5.73 Å². The Morgan fingerprint density at radius 3 is 2.64 bits per heavy atom. The number of imidazole rings is 1. The van der Waals surface area contributed by atoms with Crippen LogP contribution < -0.4 is 10.5 Å². The van der Waals surface area contributed by atoms with Crippen molar-refractivity contribution in [2.45, 2.75) is 6.54 Å². The smallest absolute Gasteiger partial charge is 0.209 e. The highest BCUT2D eigenvalue weighted by Crippen LogP contribution is 2.34. The number of halogens is 2. The first-order chi connectivity index (χ1) is 18.7. The molecule has 39 heavy (non-hydrogen) atoms. The van der Waals surface area contributed by atoms with Gasteiger partial charge in [-0.25, -0.2) is 36.9 Å². The second-order valence-corrected chi connectivity index (χ2v) is 10.7. The molecule has 0 bridgehead atoms. The third-order valence-corrected chi connectivity index (χ3v) is 6.69. The van der Waals surface area contributed by atoms with Gasteiger partial charge in [-0.15, -0.1) is 0 Å². The van der Waals surface area contributed by atoms with Gasteiger partial charge in [0.25, 0.3) is 0 Å². The number of fused-ring (bicyclic) bond motifs is 2. The van der Waals surface area contributed by atoms with Crippen LogP contribution in [0.25, 0.3) is 56.0 Å². The number of pyridine rings is 3. The summed E-state index contributed by atoms with van der Waals surface area (Å²) in [4.78, 5) is 20.2. The summed E-state index contributed by atoms with van der Waals surface area (Å²) >= 11 is 0. The van der Waals surface area contributed by atoms with E-state index in [-0.39, 0.29) is 34.7 Å². The average Bonchev–Trinajstić information content (AvgIpc) is 3.51. The van der Waals surface area contributed by atoms with Crippen molar-refractivity contribution in [2.75, 3.05) is 12.0 Å². The number of nitrogens with zero attached hydrogens (tertiary/aromatic N) is 5. The van der Waals surface area contributed by atoms with Crippen LogP contribution in [0.2, 0.25) is 0 Å². The molecule has 196 valence electrons. The van der Waals surface area contributed by atoms with E-state index in [0.29, 0.717) is 39.1 Å². The van der Waals surface area contributed by atoms with Gasteiger partial charge in [0.05, 0.1) is 22.8 Å². The molecule has 5 N–H and O–H groups in total. The molecule has 1 aromatic carbocycles. The minimum atomic E-state index is -3.47. The van der Waals surface area contributed by atoms with E-state index in [1.165, 1.54) is 36.9 Å². The number of nitrogen functional groups attached to an aromatic ring is 1. The van der Waals surface area contributed by atoms with Gasteiger partial charge in [-0.1, -0.05) is 0 Å². The van der Waals surface area contributed by atoms with Gasteiger partial charge in [-0.3, -0.25) is 10.1 Å². The lowest BCUT2D eigenvalue weighted by Crippen LogP contribution is -2.21. The van der Waals surface area contributed by atoms with Gasteiger partial charge < -0.3 is 10.7 Å². The van der Waals surface area contributed by atoms with Crippen LogP contribution in [-0.4, -0.2) is 49.8 Å². The van der Waals surface area contributed by atoms with Crippen LogP contribution in [0.4, 0.5) is 14.5 Å². The Balaban J connectivity index is 1.46. The van der Waals surface area contributed by atoms with E-state index in [9.17, 15) is 12.8 Å². The fourth-order valence-corrected chi connectivity index (χ4v) is 4.75. The van der Waals surface area contributed by atoms with Gasteiger partial charge in [0.15, 0.2) is 17.1 Å². The van der Waals surface area contributed by atoms with Gasteiger partial charge in [-0.2, -0.15) is 5.10 Å². The number of sulfonamides is 1. The van der Waals surface area contributed by atoms with Gasteiger partial charge in [-0.05, 0) is 41.5 Å². The second-order valence-electron chi connectivity index (χ2n) is 8.87. The number of aromatic amines is 2. The molecule has 0 saturated heterocycles. The zero-order valence-corrected chi connectivity index (χ0v) is 21.0. The second kappa shape index (κ2) is 9.18. The third-order valence-electron chi connectivity index (χ3n) is 6.03. The minimum absolute atomic E-state index is 0.0800. The zero-order valence-electron chi connectivity index (χ0n) is 20.2. The van der Waals surface area contributed by atoms with E-state index < -0.39 is 21.7 Å². The number of nitrogens with one attached hydrogen (secondary N) is 3. The Bertz CT molecular complexity index is 2000. The molecule has 0 amide bonds. The highest BCUT2D eigenvalue weighted by molar-refractivity contribution is 7.88. The molecule has 0 aliphatic rings. The molecule has 0 spiro atoms. The number of aromatic nitrogens is 7. The van der Waals surface area contributed by atoms with Crippen molar-refractivity contribution < 1.29 is 17.2 Å². The van der Waals surface area contributed by atoms with E-state index in [2.05, 4.69) is 39.8 Å². The molecule has 6 aromatic rings. The normalized spacial score (nSPS) is 12.0.